The number of nitrogens with one attached hydrogen (secondary N) is 6. The van der Waals surface area contributed by atoms with Gasteiger partial charge in [-0.05, 0) is 177 Å². The van der Waals surface area contributed by atoms with Gasteiger partial charge in [0, 0.05) is 111 Å². The fourth-order valence-corrected chi connectivity index (χ4v) is 17.7. The first kappa shape index (κ1) is 98.8. The summed E-state index contributed by atoms with van der Waals surface area (Å²) in [5.41, 5.74) is 4.12. The number of ketones is 1. The molecule has 10 amide bonds. The highest BCUT2D eigenvalue weighted by Gasteiger charge is 2.48. The summed E-state index contributed by atoms with van der Waals surface area (Å²) in [6.45, 7) is 11.0. The second-order valence-electron chi connectivity index (χ2n) is 34.5. The van der Waals surface area contributed by atoms with E-state index in [9.17, 15) is 97.9 Å². The number of carbonyl (C=O) groups excluding carboxylic acids is 11. The number of aromatic amines is 2. The normalized spacial score (nSPS) is 18.8. The monoisotopic (exact) mass is 1840 g/mol. The zero-order valence-electron chi connectivity index (χ0n) is 74.3. The minimum absolute atomic E-state index is 0.0437. The van der Waals surface area contributed by atoms with Crippen LogP contribution >= 0.6 is 0 Å². The molecule has 8 aromatic rings. The molecule has 36 heteroatoms. The van der Waals surface area contributed by atoms with Gasteiger partial charge in [-0.1, -0.05) is 112 Å². The van der Waals surface area contributed by atoms with Crippen LogP contribution in [0.3, 0.4) is 0 Å². The summed E-state index contributed by atoms with van der Waals surface area (Å²) in [6.07, 6.45) is 5.75. The van der Waals surface area contributed by atoms with Crippen LogP contribution < -0.4 is 47.9 Å². The molecule has 14 rings (SSSR count). The van der Waals surface area contributed by atoms with Gasteiger partial charge in [-0.2, -0.15) is 26.3 Å². The topological polar surface area (TPSA) is 384 Å². The molecule has 133 heavy (non-hydrogen) atoms. The number of aryl methyl sites for hydroxylation is 2. The lowest BCUT2D eigenvalue weighted by Crippen LogP contribution is -2.55. The van der Waals surface area contributed by atoms with Gasteiger partial charge >= 0.3 is 18.3 Å². The van der Waals surface area contributed by atoms with Crippen LogP contribution in [-0.2, 0) is 44.4 Å². The molecule has 28 nitrogen and oxygen atoms in total. The number of rotatable bonds is 30. The number of piperidine rings is 2. The Bertz CT molecular complexity index is 5930. The zero-order chi connectivity index (χ0) is 96.2. The number of unbranched alkanes of at least 4 members (excludes halogenated alkanes) is 11. The Labute approximate surface area is 760 Å². The fraction of sp³-hybridized carbons (Fsp3) is 0.402. The third-order valence-corrected chi connectivity index (χ3v) is 25.3. The number of pyridine rings is 2. The quantitative estimate of drug-likeness (QED) is 0.00897. The number of halogens is 8. The number of piperazine rings is 2. The maximum atomic E-state index is 15.8. The molecule has 704 valence electrons. The Balaban J connectivity index is 0.000000200. The van der Waals surface area contributed by atoms with Crippen LogP contribution in [0.15, 0.2) is 143 Å². The molecule has 0 saturated carbocycles. The van der Waals surface area contributed by atoms with Gasteiger partial charge in [-0.25, -0.2) is 13.6 Å². The average Bonchev–Trinajstić information content (AvgIpc) is 1.75. The molecule has 6 aliphatic rings. The lowest BCUT2D eigenvalue weighted by molar-refractivity contribution is -0.138. The molecule has 0 aliphatic carbocycles. The standard InChI is InChI=1S/C49H52F4N6O7.C27H26F4N4O4.C21H27N3O4/c1-28-26-58(27-29(2)57(28)3)39-19-17-31(23-38(39)55-45(63)35-25-54-43(62)24-36(35)49(51,52)53)33-18-16-32(22-37(33)50)41(60)15-10-8-6-4-5-7-9-12-30-13-11-14-34-44(30)48(66)59(47(34)65)40-20-21-42(61)56-46(40)64;1-14-12-35(13-15(2)34(14)3)23-7-5-16(18-6-4-17(26(38)39)8-21(18)28)9-22(23)33-25(37)19-11-32-24(36)10-20(19)27(29,30)31;22-13-6-4-2-1-3-5-8-14-9-7-10-15-18(14)21(28)24(20(15)27)16-11-12-17(25)23-19(16)26/h11,13-14,16-19,22-25,28-29,40H,4-10,12,15,20-21,26-27H2,1-3H3,(H,54,62)(H,55,63)(H,56,61,64);4-11,14-15H,12-13H2,1-3H3,(H,32,36)(H,33,37)(H,38,39);7,9-10,16H,1-6,8,11-13,22H2,(H,23,25,26)/t28-,29+,40?;14-,15+;. The minimum Gasteiger partial charge on any atom is -0.478 e. The summed E-state index contributed by atoms with van der Waals surface area (Å²) >= 11 is 0. The second kappa shape index (κ2) is 43.0. The van der Waals surface area contributed by atoms with Crippen LogP contribution in [0.4, 0.5) is 57.9 Å². The highest BCUT2D eigenvalue weighted by atomic mass is 19.4. The van der Waals surface area contributed by atoms with Crippen molar-refractivity contribution in [2.45, 2.75) is 205 Å². The lowest BCUT2D eigenvalue weighted by Gasteiger charge is -2.44. The number of Topliss-reactive ketones (excluding diaryl/α,β-unsaturated/α-hetero) is 1. The first-order valence-corrected chi connectivity index (χ1v) is 44.4. The van der Waals surface area contributed by atoms with Gasteiger partial charge in [-0.3, -0.25) is 92.6 Å². The van der Waals surface area contributed by atoms with Gasteiger partial charge in [0.15, 0.2) is 5.78 Å². The minimum atomic E-state index is -4.98. The van der Waals surface area contributed by atoms with Gasteiger partial charge in [0.2, 0.25) is 34.7 Å². The van der Waals surface area contributed by atoms with E-state index < -0.39 is 129 Å². The van der Waals surface area contributed by atoms with Crippen molar-refractivity contribution >= 4 is 93.6 Å². The van der Waals surface area contributed by atoms with E-state index in [0.29, 0.717) is 91.0 Å². The van der Waals surface area contributed by atoms with Crippen molar-refractivity contribution in [3.8, 4) is 22.3 Å². The van der Waals surface area contributed by atoms with Crippen LogP contribution in [0.1, 0.15) is 248 Å². The number of fused-ring (bicyclic) bond motifs is 2. The number of nitrogens with two attached hydrogens (primary N) is 1. The number of nitrogens with zero attached hydrogens (tertiary/aromatic N) is 6. The third kappa shape index (κ3) is 23.3. The van der Waals surface area contributed by atoms with Crippen LogP contribution in [0.5, 0.6) is 0 Å². The molecule has 2 unspecified atom stereocenters. The molecule has 0 spiro atoms. The molecular formula is C97H105F8N13O15. The van der Waals surface area contributed by atoms with Crippen molar-refractivity contribution in [2.24, 2.45) is 5.73 Å². The molecule has 6 aromatic carbocycles. The maximum absolute atomic E-state index is 15.8. The number of amides is 10. The predicted octanol–water partition coefficient (Wildman–Crippen LogP) is 14.5. The van der Waals surface area contributed by atoms with Crippen molar-refractivity contribution in [3.05, 3.63) is 233 Å². The first-order valence-electron chi connectivity index (χ1n) is 44.4. The molecule has 4 fully saturated rings. The van der Waals surface area contributed by atoms with E-state index in [-0.39, 0.29) is 113 Å². The number of anilines is 4. The average molecular weight is 1840 g/mol. The molecule has 9 N–H and O–H groups in total. The molecule has 0 radical (unpaired) electrons. The number of imide groups is 4. The van der Waals surface area contributed by atoms with Gasteiger partial charge in [-0.15, -0.1) is 0 Å². The molecule has 2 aromatic heterocycles. The summed E-state index contributed by atoms with van der Waals surface area (Å²) in [5, 5.41) is 18.7. The largest absolute Gasteiger partial charge is 0.478 e. The molecular weight excluding hydrogens is 1740 g/mol. The molecule has 6 atom stereocenters. The first-order chi connectivity index (χ1) is 63.2. The SMILES string of the molecule is C[C@@H]1CN(c2ccc(-c3ccc(C(=O)CCCCCCCCCc4cccc5c4C(=O)N(C4CCC(=O)NC4=O)C5=O)cc3F)cc2NC(=O)c2c[nH]c(=O)cc2C(F)(F)F)C[C@H](C)N1C.C[C@@H]1CN(c2ccc(-c3ccc(C(=O)O)cc3F)cc2NC(=O)c2c[nH]c(=O)cc2C(F)(F)F)C[C@H](C)N1C.NCCCCCCCCc1cccc2c1C(=O)N(C1CCC(=O)NC1=O)C2=O. The summed E-state index contributed by atoms with van der Waals surface area (Å²) in [6, 6.07) is 26.6. The number of carboxylic acids is 1. The smallest absolute Gasteiger partial charge is 0.417 e. The van der Waals surface area contributed by atoms with E-state index in [0.717, 1.165) is 123 Å². The molecule has 6 aliphatic heterocycles. The number of aromatic carboxylic acids is 1. The van der Waals surface area contributed by atoms with Crippen molar-refractivity contribution in [1.82, 2.24) is 40.2 Å². The molecule has 4 saturated heterocycles. The molecule has 8 heterocycles. The van der Waals surface area contributed by atoms with Gasteiger partial charge in [0.05, 0.1) is 72.8 Å². The number of likely N-dealkylation sites (N-methyl/N-ethyl adjacent to an activating group) is 2. The van der Waals surface area contributed by atoms with Crippen molar-refractivity contribution in [1.29, 1.82) is 0 Å². The van der Waals surface area contributed by atoms with E-state index in [1.54, 1.807) is 48.5 Å². The van der Waals surface area contributed by atoms with Gasteiger partial charge < -0.3 is 41.2 Å². The summed E-state index contributed by atoms with van der Waals surface area (Å²) < 4.78 is 113. The Morgan fingerprint density at radius 1 is 0.451 bits per heavy atom. The highest BCUT2D eigenvalue weighted by Crippen LogP contribution is 2.42. The lowest BCUT2D eigenvalue weighted by atomic mass is 9.97. The number of hydrogen-bond acceptors (Lipinski definition) is 19. The van der Waals surface area contributed by atoms with E-state index in [1.807, 2.05) is 63.7 Å². The Morgan fingerprint density at radius 3 is 1.20 bits per heavy atom. The van der Waals surface area contributed by atoms with Gasteiger partial charge in [0.1, 0.15) is 23.7 Å². The number of hydrogen-bond donors (Lipinski definition) is 8. The van der Waals surface area contributed by atoms with E-state index >= 15 is 4.39 Å². The zero-order valence-corrected chi connectivity index (χ0v) is 74.3. The highest BCUT2D eigenvalue weighted by molar-refractivity contribution is 6.25. The van der Waals surface area contributed by atoms with Crippen molar-refractivity contribution < 1.29 is 97.8 Å². The fourth-order valence-electron chi connectivity index (χ4n) is 17.7. The number of carboxylic acid groups (broad SMARTS) is 1. The van der Waals surface area contributed by atoms with Crippen LogP contribution in [0.25, 0.3) is 22.3 Å². The summed E-state index contributed by atoms with van der Waals surface area (Å²) in [4.78, 5) is 189. The van der Waals surface area contributed by atoms with Gasteiger partial charge in [0.25, 0.3) is 35.4 Å². The van der Waals surface area contributed by atoms with Crippen molar-refractivity contribution in [2.75, 3.05) is 67.3 Å². The number of carbonyl (C=O) groups is 12. The number of H-pyrrole nitrogens is 2. The van der Waals surface area contributed by atoms with E-state index in [1.165, 1.54) is 42.5 Å². The number of aromatic nitrogens is 2. The number of alkyl halides is 6. The Kier molecular flexibility index (Phi) is 31.9. The summed E-state index contributed by atoms with van der Waals surface area (Å²) in [7, 11) is 3.98. The summed E-state index contributed by atoms with van der Waals surface area (Å²) in [5.74, 6) is -9.18. The maximum Gasteiger partial charge on any atom is 0.417 e. The van der Waals surface area contributed by atoms with E-state index in [2.05, 4.69) is 41.0 Å². The Morgan fingerprint density at radius 2 is 0.827 bits per heavy atom. The second-order valence-corrected chi connectivity index (χ2v) is 34.5. The van der Waals surface area contributed by atoms with Crippen molar-refractivity contribution in [3.63, 3.8) is 0 Å². The molecule has 0 bridgehead atoms. The van der Waals surface area contributed by atoms with Crippen LogP contribution in [-0.4, -0.2) is 189 Å². The van der Waals surface area contributed by atoms with E-state index in [4.69, 9.17) is 10.8 Å². The van der Waals surface area contributed by atoms with Crippen LogP contribution in [0, 0.1) is 11.6 Å². The van der Waals surface area contributed by atoms with Crippen LogP contribution in [0.2, 0.25) is 0 Å². The third-order valence-electron chi connectivity index (χ3n) is 25.3. The predicted molar refractivity (Wildman–Crippen MR) is 480 cm³/mol. The Hall–Kier alpha value is -13.2. The number of benzene rings is 6.